The number of rotatable bonds is 1. The third kappa shape index (κ3) is 1.92. The Morgan fingerprint density at radius 1 is 1.26 bits per heavy atom. The van der Waals surface area contributed by atoms with Crippen molar-refractivity contribution in [2.75, 3.05) is 0 Å². The summed E-state index contributed by atoms with van der Waals surface area (Å²) in [4.78, 5) is 12.2. The Morgan fingerprint density at radius 2 is 2.11 bits per heavy atom. The van der Waals surface area contributed by atoms with Gasteiger partial charge in [-0.25, -0.2) is 0 Å². The molecule has 4 fully saturated rings. The van der Waals surface area contributed by atoms with Crippen LogP contribution in [-0.2, 0) is 9.53 Å². The summed E-state index contributed by atoms with van der Waals surface area (Å²) in [6, 6.07) is 0. The van der Waals surface area contributed by atoms with E-state index in [0.717, 1.165) is 48.1 Å². The van der Waals surface area contributed by atoms with Crippen LogP contribution >= 0.6 is 0 Å². The van der Waals surface area contributed by atoms with Crippen molar-refractivity contribution in [1.29, 1.82) is 0 Å². The first kappa shape index (κ1) is 16.7. The van der Waals surface area contributed by atoms with E-state index in [0.29, 0.717) is 12.3 Å². The molecule has 146 valence electrons. The van der Waals surface area contributed by atoms with E-state index in [1.807, 2.05) is 0 Å². The molecule has 1 aliphatic heterocycles. The lowest BCUT2D eigenvalue weighted by Gasteiger charge is -2.57. The standard InChI is InChI=1S/C24H33NO2/c1-3-13-10-14-11-15(25)4-5-16(14)17-6-8-23(2)22(21(13)17)18-12-19(18)24(23)9-7-20(26)27-24/h11,13,17-19,21-22H,3-10,12,25H2,1-2H3/t13?,17?,18?,19?,21?,22?,23-,24-/m0/s1. The molecule has 3 nitrogen and oxygen atoms in total. The zero-order valence-corrected chi connectivity index (χ0v) is 16.8. The van der Waals surface area contributed by atoms with Crippen molar-refractivity contribution in [3.8, 4) is 0 Å². The molecule has 1 spiro atoms. The van der Waals surface area contributed by atoms with Gasteiger partial charge in [-0.15, -0.1) is 0 Å². The van der Waals surface area contributed by atoms with Crippen LogP contribution in [0.2, 0.25) is 0 Å². The Balaban J connectivity index is 1.43. The van der Waals surface area contributed by atoms with E-state index in [2.05, 4.69) is 19.9 Å². The molecular formula is C24H33NO2. The minimum absolute atomic E-state index is 0.0678. The van der Waals surface area contributed by atoms with E-state index in [-0.39, 0.29) is 17.0 Å². The third-order valence-corrected chi connectivity index (χ3v) is 9.91. The van der Waals surface area contributed by atoms with Gasteiger partial charge >= 0.3 is 5.97 Å². The number of carbonyl (C=O) groups excluding carboxylic acids is 1. The van der Waals surface area contributed by atoms with Crippen molar-refractivity contribution in [2.24, 2.45) is 46.7 Å². The highest BCUT2D eigenvalue weighted by Gasteiger charge is 2.78. The average Bonchev–Trinajstić information content (AvgIpc) is 3.29. The molecule has 0 aromatic carbocycles. The Kier molecular flexibility index (Phi) is 3.22. The quantitative estimate of drug-likeness (QED) is 0.682. The highest BCUT2D eigenvalue weighted by Crippen LogP contribution is 2.78. The van der Waals surface area contributed by atoms with Crippen molar-refractivity contribution in [3.05, 3.63) is 22.9 Å². The van der Waals surface area contributed by atoms with Gasteiger partial charge in [-0.3, -0.25) is 4.79 Å². The van der Waals surface area contributed by atoms with Gasteiger partial charge in [0.2, 0.25) is 0 Å². The Morgan fingerprint density at radius 3 is 2.85 bits per heavy atom. The number of hydrogen-bond acceptors (Lipinski definition) is 3. The monoisotopic (exact) mass is 367 g/mol. The fourth-order valence-corrected chi connectivity index (χ4v) is 8.87. The number of nitrogens with two attached hydrogens (primary N) is 1. The smallest absolute Gasteiger partial charge is 0.306 e. The van der Waals surface area contributed by atoms with Gasteiger partial charge in [-0.2, -0.15) is 0 Å². The fraction of sp³-hybridized carbons (Fsp3) is 0.792. The van der Waals surface area contributed by atoms with E-state index >= 15 is 0 Å². The molecule has 0 aromatic heterocycles. The molecule has 3 saturated carbocycles. The van der Waals surface area contributed by atoms with Gasteiger partial charge in [0.25, 0.3) is 0 Å². The summed E-state index contributed by atoms with van der Waals surface area (Å²) < 4.78 is 6.23. The predicted octanol–water partition coefficient (Wildman–Crippen LogP) is 4.72. The molecule has 5 aliphatic carbocycles. The predicted molar refractivity (Wildman–Crippen MR) is 104 cm³/mol. The Hall–Kier alpha value is -1.25. The zero-order valence-electron chi connectivity index (χ0n) is 16.8. The molecule has 6 unspecified atom stereocenters. The summed E-state index contributed by atoms with van der Waals surface area (Å²) in [6.07, 6.45) is 12.5. The lowest BCUT2D eigenvalue weighted by molar-refractivity contribution is -0.173. The lowest BCUT2D eigenvalue weighted by atomic mass is 9.48. The molecule has 3 heteroatoms. The van der Waals surface area contributed by atoms with E-state index in [4.69, 9.17) is 10.5 Å². The molecule has 8 atom stereocenters. The van der Waals surface area contributed by atoms with Gasteiger partial charge in [0.1, 0.15) is 5.60 Å². The highest BCUT2D eigenvalue weighted by molar-refractivity contribution is 5.73. The normalized spacial score (nSPS) is 52.7. The van der Waals surface area contributed by atoms with E-state index in [1.165, 1.54) is 38.5 Å². The van der Waals surface area contributed by atoms with E-state index in [9.17, 15) is 4.79 Å². The number of hydrogen-bond donors (Lipinski definition) is 1. The molecule has 1 saturated heterocycles. The first-order valence-corrected chi connectivity index (χ1v) is 11.4. The van der Waals surface area contributed by atoms with Crippen molar-refractivity contribution in [2.45, 2.75) is 77.2 Å². The molecule has 0 radical (unpaired) electrons. The SMILES string of the molecule is CCC1CC2=C(CCC(N)=C2)C2CC[C@@]3(C)C(C4CC4[C@@]34CCC(=O)O4)C12. The van der Waals surface area contributed by atoms with Crippen LogP contribution in [0, 0.1) is 40.9 Å². The first-order chi connectivity index (χ1) is 13.0. The van der Waals surface area contributed by atoms with Gasteiger partial charge < -0.3 is 10.5 Å². The maximum absolute atomic E-state index is 12.2. The van der Waals surface area contributed by atoms with Crippen LogP contribution in [0.4, 0.5) is 0 Å². The van der Waals surface area contributed by atoms with Gasteiger partial charge in [-0.1, -0.05) is 25.8 Å². The average molecular weight is 368 g/mol. The minimum Gasteiger partial charge on any atom is -0.458 e. The van der Waals surface area contributed by atoms with Crippen LogP contribution in [0.15, 0.2) is 22.9 Å². The zero-order chi connectivity index (χ0) is 18.6. The molecule has 2 N–H and O–H groups in total. The molecule has 6 aliphatic rings. The van der Waals surface area contributed by atoms with Gasteiger partial charge in [0.05, 0.1) is 0 Å². The topological polar surface area (TPSA) is 52.3 Å². The molecule has 0 amide bonds. The number of carbonyl (C=O) groups is 1. The summed E-state index contributed by atoms with van der Waals surface area (Å²) >= 11 is 0. The van der Waals surface area contributed by atoms with Crippen molar-refractivity contribution >= 4 is 5.97 Å². The van der Waals surface area contributed by atoms with Crippen LogP contribution < -0.4 is 5.73 Å². The molecule has 0 aromatic rings. The second-order valence-corrected chi connectivity index (χ2v) is 10.7. The summed E-state index contributed by atoms with van der Waals surface area (Å²) in [7, 11) is 0. The number of ether oxygens (including phenoxy) is 1. The molecular weight excluding hydrogens is 334 g/mol. The molecule has 0 bridgehead atoms. The van der Waals surface area contributed by atoms with Crippen LogP contribution in [0.1, 0.15) is 71.6 Å². The second kappa shape index (κ2) is 5.21. The van der Waals surface area contributed by atoms with E-state index in [1.54, 1.807) is 11.1 Å². The fourth-order valence-electron chi connectivity index (χ4n) is 8.87. The van der Waals surface area contributed by atoms with Crippen molar-refractivity contribution in [3.63, 3.8) is 0 Å². The molecule has 6 rings (SSSR count). The third-order valence-electron chi connectivity index (χ3n) is 9.91. The highest BCUT2D eigenvalue weighted by atomic mass is 16.6. The van der Waals surface area contributed by atoms with Crippen molar-refractivity contribution < 1.29 is 9.53 Å². The number of fused-ring (bicyclic) bond motifs is 8. The summed E-state index contributed by atoms with van der Waals surface area (Å²) in [5.74, 6) is 4.63. The van der Waals surface area contributed by atoms with Crippen molar-refractivity contribution in [1.82, 2.24) is 0 Å². The van der Waals surface area contributed by atoms with Crippen LogP contribution in [-0.4, -0.2) is 11.6 Å². The first-order valence-electron chi connectivity index (χ1n) is 11.4. The minimum atomic E-state index is -0.117. The molecule has 1 heterocycles. The number of allylic oxidation sites excluding steroid dienone is 4. The van der Waals surface area contributed by atoms with Crippen LogP contribution in [0.3, 0.4) is 0 Å². The Bertz CT molecular complexity index is 781. The van der Waals surface area contributed by atoms with Gasteiger partial charge in [0.15, 0.2) is 0 Å². The van der Waals surface area contributed by atoms with Gasteiger partial charge in [0, 0.05) is 23.5 Å². The summed E-state index contributed by atoms with van der Waals surface area (Å²) in [5, 5.41) is 0. The Labute approximate surface area is 162 Å². The molecule has 27 heavy (non-hydrogen) atoms. The maximum Gasteiger partial charge on any atom is 0.306 e. The summed E-state index contributed by atoms with van der Waals surface area (Å²) in [5.41, 5.74) is 10.7. The lowest BCUT2D eigenvalue weighted by Crippen LogP contribution is -2.55. The maximum atomic E-state index is 12.2. The largest absolute Gasteiger partial charge is 0.458 e. The van der Waals surface area contributed by atoms with Crippen LogP contribution in [0.25, 0.3) is 0 Å². The van der Waals surface area contributed by atoms with Crippen LogP contribution in [0.5, 0.6) is 0 Å². The van der Waals surface area contributed by atoms with Gasteiger partial charge in [-0.05, 0) is 86.2 Å². The van der Waals surface area contributed by atoms with E-state index < -0.39 is 0 Å². The second-order valence-electron chi connectivity index (χ2n) is 10.7. The summed E-state index contributed by atoms with van der Waals surface area (Å²) in [6.45, 7) is 4.90. The number of esters is 1.